The van der Waals surface area contributed by atoms with Crippen molar-refractivity contribution in [3.63, 3.8) is 0 Å². The van der Waals surface area contributed by atoms with Crippen LogP contribution in [-0.4, -0.2) is 5.11 Å². The predicted octanol–water partition coefficient (Wildman–Crippen LogP) is 2.23. The Morgan fingerprint density at radius 3 is 2.07 bits per heavy atom. The molecule has 0 spiro atoms. The summed E-state index contributed by atoms with van der Waals surface area (Å²) in [5.41, 5.74) is 5.44. The summed E-state index contributed by atoms with van der Waals surface area (Å²) in [6.07, 6.45) is 0.546. The fourth-order valence-corrected chi connectivity index (χ4v) is 1.64. The van der Waals surface area contributed by atoms with Gasteiger partial charge in [0.05, 0.1) is 0 Å². The molecule has 78 valence electrons. The highest BCUT2D eigenvalue weighted by Crippen LogP contribution is 2.30. The first-order valence-electron chi connectivity index (χ1n) is 4.88. The lowest BCUT2D eigenvalue weighted by Crippen LogP contribution is -2.39. The van der Waals surface area contributed by atoms with E-state index in [1.54, 1.807) is 0 Å². The Labute approximate surface area is 85.8 Å². The van der Waals surface area contributed by atoms with E-state index in [2.05, 4.69) is 20.8 Å². The Bertz CT molecular complexity index is 285. The summed E-state index contributed by atoms with van der Waals surface area (Å²) in [4.78, 5) is 0. The van der Waals surface area contributed by atoms with E-state index in [4.69, 9.17) is 5.73 Å². The van der Waals surface area contributed by atoms with Crippen molar-refractivity contribution in [3.05, 3.63) is 35.9 Å². The van der Waals surface area contributed by atoms with E-state index in [0.29, 0.717) is 6.42 Å². The van der Waals surface area contributed by atoms with E-state index in [-0.39, 0.29) is 5.41 Å². The van der Waals surface area contributed by atoms with Gasteiger partial charge in [-0.25, -0.2) is 0 Å². The maximum Gasteiger partial charge on any atom is 0.140 e. The van der Waals surface area contributed by atoms with Crippen molar-refractivity contribution in [2.45, 2.75) is 32.9 Å². The minimum Gasteiger partial charge on any atom is -0.372 e. The van der Waals surface area contributed by atoms with Gasteiger partial charge in [0.2, 0.25) is 0 Å². The molecule has 0 fully saturated rings. The second-order valence-corrected chi connectivity index (χ2v) is 5.03. The van der Waals surface area contributed by atoms with Crippen LogP contribution in [0.1, 0.15) is 32.8 Å². The van der Waals surface area contributed by atoms with Crippen molar-refractivity contribution in [2.24, 2.45) is 11.1 Å². The summed E-state index contributed by atoms with van der Waals surface area (Å²) < 4.78 is 0. The third-order valence-electron chi connectivity index (χ3n) is 2.07. The normalized spacial score (nSPS) is 16.4. The van der Waals surface area contributed by atoms with Gasteiger partial charge in [0.25, 0.3) is 0 Å². The summed E-state index contributed by atoms with van der Waals surface area (Å²) in [5, 5.41) is 10.1. The number of aliphatic hydroxyl groups is 1. The van der Waals surface area contributed by atoms with E-state index in [0.717, 1.165) is 5.56 Å². The quantitative estimate of drug-likeness (QED) is 0.707. The molecule has 0 amide bonds. The lowest BCUT2D eigenvalue weighted by Gasteiger charge is -2.31. The topological polar surface area (TPSA) is 46.2 Å². The summed E-state index contributed by atoms with van der Waals surface area (Å²) in [6.45, 7) is 6.19. The van der Waals surface area contributed by atoms with Crippen LogP contribution in [0, 0.1) is 5.41 Å². The summed E-state index contributed by atoms with van der Waals surface area (Å²) in [6, 6.07) is 9.39. The van der Waals surface area contributed by atoms with Crippen LogP contribution in [0.4, 0.5) is 0 Å². The van der Waals surface area contributed by atoms with Crippen molar-refractivity contribution in [1.82, 2.24) is 0 Å². The zero-order valence-electron chi connectivity index (χ0n) is 9.12. The van der Waals surface area contributed by atoms with Gasteiger partial charge in [0.15, 0.2) is 0 Å². The average molecular weight is 193 g/mol. The van der Waals surface area contributed by atoms with Gasteiger partial charge in [-0.15, -0.1) is 0 Å². The monoisotopic (exact) mass is 193 g/mol. The molecule has 1 rings (SSSR count). The van der Waals surface area contributed by atoms with Gasteiger partial charge in [-0.1, -0.05) is 51.1 Å². The Balaban J connectivity index is 2.86. The average Bonchev–Trinajstić information content (AvgIpc) is 2.01. The highest BCUT2D eigenvalue weighted by Gasteiger charge is 2.29. The molecule has 1 aromatic rings. The molecule has 0 radical (unpaired) electrons. The second kappa shape index (κ2) is 3.71. The van der Waals surface area contributed by atoms with Gasteiger partial charge in [-0.05, 0) is 17.4 Å². The Hall–Kier alpha value is -0.860. The third kappa shape index (κ3) is 3.13. The number of rotatable bonds is 2. The van der Waals surface area contributed by atoms with Crippen LogP contribution in [0.5, 0.6) is 0 Å². The molecule has 1 aromatic carbocycles. The maximum atomic E-state index is 10.1. The van der Waals surface area contributed by atoms with Crippen LogP contribution in [0.2, 0.25) is 0 Å². The molecule has 0 aromatic heterocycles. The van der Waals surface area contributed by atoms with Crippen LogP contribution in [-0.2, 0) is 5.72 Å². The lowest BCUT2D eigenvalue weighted by molar-refractivity contribution is 0.00291. The molecule has 3 N–H and O–H groups in total. The van der Waals surface area contributed by atoms with Crippen LogP contribution in [0.15, 0.2) is 30.3 Å². The minimum atomic E-state index is -1.22. The molecule has 2 nitrogen and oxygen atoms in total. The van der Waals surface area contributed by atoms with Gasteiger partial charge in [0, 0.05) is 0 Å². The van der Waals surface area contributed by atoms with Crippen molar-refractivity contribution in [3.8, 4) is 0 Å². The molecule has 0 heterocycles. The van der Waals surface area contributed by atoms with Crippen LogP contribution < -0.4 is 5.73 Å². The Morgan fingerprint density at radius 2 is 1.64 bits per heavy atom. The summed E-state index contributed by atoms with van der Waals surface area (Å²) >= 11 is 0. The van der Waals surface area contributed by atoms with E-state index in [9.17, 15) is 5.11 Å². The first kappa shape index (κ1) is 11.2. The van der Waals surface area contributed by atoms with E-state index < -0.39 is 5.72 Å². The van der Waals surface area contributed by atoms with Gasteiger partial charge in [0.1, 0.15) is 5.72 Å². The molecule has 2 heteroatoms. The summed E-state index contributed by atoms with van der Waals surface area (Å²) in [7, 11) is 0. The van der Waals surface area contributed by atoms with Crippen LogP contribution in [0.25, 0.3) is 0 Å². The van der Waals surface area contributed by atoms with Gasteiger partial charge in [-0.3, -0.25) is 5.73 Å². The SMILES string of the molecule is CC(C)(C)C[C@@](N)(O)c1ccccc1. The van der Waals surface area contributed by atoms with Gasteiger partial charge < -0.3 is 5.11 Å². The molecular formula is C12H19NO. The molecule has 14 heavy (non-hydrogen) atoms. The molecule has 0 aliphatic carbocycles. The van der Waals surface area contributed by atoms with Crippen LogP contribution in [0.3, 0.4) is 0 Å². The first-order valence-corrected chi connectivity index (χ1v) is 4.88. The largest absolute Gasteiger partial charge is 0.372 e. The zero-order valence-corrected chi connectivity index (χ0v) is 9.12. The molecule has 0 aliphatic rings. The van der Waals surface area contributed by atoms with E-state index in [1.807, 2.05) is 30.3 Å². The molecule has 0 saturated carbocycles. The standard InChI is InChI=1S/C12H19NO/c1-11(2,3)9-12(13,14)10-7-5-4-6-8-10/h4-8,14H,9,13H2,1-3H3/t12-/m1/s1. The Morgan fingerprint density at radius 1 is 1.14 bits per heavy atom. The highest BCUT2D eigenvalue weighted by molar-refractivity contribution is 5.21. The third-order valence-corrected chi connectivity index (χ3v) is 2.07. The number of hydrogen-bond acceptors (Lipinski definition) is 2. The maximum absolute atomic E-state index is 10.1. The predicted molar refractivity (Wildman–Crippen MR) is 58.6 cm³/mol. The molecule has 1 atom stereocenters. The first-order chi connectivity index (χ1) is 6.31. The fraction of sp³-hybridized carbons (Fsp3) is 0.500. The molecule has 0 aliphatic heterocycles. The zero-order chi connectivity index (χ0) is 10.8. The minimum absolute atomic E-state index is 0.0132. The molecular weight excluding hydrogens is 174 g/mol. The molecule has 0 saturated heterocycles. The van der Waals surface area contributed by atoms with Gasteiger partial charge >= 0.3 is 0 Å². The van der Waals surface area contributed by atoms with Gasteiger partial charge in [-0.2, -0.15) is 0 Å². The molecule has 0 bridgehead atoms. The number of hydrogen-bond donors (Lipinski definition) is 2. The van der Waals surface area contributed by atoms with E-state index >= 15 is 0 Å². The Kier molecular flexibility index (Phi) is 2.98. The lowest BCUT2D eigenvalue weighted by atomic mass is 9.83. The highest BCUT2D eigenvalue weighted by atomic mass is 16.3. The molecule has 0 unspecified atom stereocenters. The second-order valence-electron chi connectivity index (χ2n) is 5.03. The van der Waals surface area contributed by atoms with Crippen LogP contribution >= 0.6 is 0 Å². The van der Waals surface area contributed by atoms with Crippen molar-refractivity contribution in [2.75, 3.05) is 0 Å². The number of nitrogens with two attached hydrogens (primary N) is 1. The van der Waals surface area contributed by atoms with Crippen molar-refractivity contribution < 1.29 is 5.11 Å². The fourth-order valence-electron chi connectivity index (χ4n) is 1.64. The van der Waals surface area contributed by atoms with E-state index in [1.165, 1.54) is 0 Å². The smallest absolute Gasteiger partial charge is 0.140 e. The number of benzene rings is 1. The van der Waals surface area contributed by atoms with Crippen molar-refractivity contribution in [1.29, 1.82) is 0 Å². The van der Waals surface area contributed by atoms with Crippen molar-refractivity contribution >= 4 is 0 Å². The summed E-state index contributed by atoms with van der Waals surface area (Å²) in [5.74, 6) is 0.